The number of nitrogens with two attached hydrogens (primary N) is 1. The molecule has 2 aromatic carbocycles. The summed E-state index contributed by atoms with van der Waals surface area (Å²) in [6, 6.07) is 8.59. The van der Waals surface area contributed by atoms with Gasteiger partial charge >= 0.3 is 0 Å². The van der Waals surface area contributed by atoms with E-state index in [0.717, 1.165) is 79.5 Å². The van der Waals surface area contributed by atoms with Crippen LogP contribution in [-0.4, -0.2) is 132 Å². The van der Waals surface area contributed by atoms with Crippen LogP contribution in [0.2, 0.25) is 0 Å². The molecule has 8 rings (SSSR count). The molecule has 5 aliphatic rings. The van der Waals surface area contributed by atoms with Gasteiger partial charge in [-0.05, 0) is 43.5 Å². The maximum absolute atomic E-state index is 16.3. The topological polar surface area (TPSA) is 150 Å². The van der Waals surface area contributed by atoms with E-state index in [1.165, 1.54) is 0 Å². The average molecular weight is 742 g/mol. The van der Waals surface area contributed by atoms with Crippen LogP contribution in [0.4, 0.5) is 21.5 Å². The highest BCUT2D eigenvalue weighted by atomic mass is 19.1. The molecule has 0 spiro atoms. The summed E-state index contributed by atoms with van der Waals surface area (Å²) >= 11 is 0. The molecule has 3 aromatic rings. The molecule has 1 atom stereocenters. The number of aromatic nitrogens is 2. The van der Waals surface area contributed by atoms with E-state index >= 15 is 4.39 Å². The van der Waals surface area contributed by atoms with E-state index in [-0.39, 0.29) is 24.0 Å². The predicted octanol–water partition coefficient (Wildman–Crippen LogP) is 2.67. The fourth-order valence-corrected chi connectivity index (χ4v) is 8.95. The Morgan fingerprint density at radius 1 is 0.889 bits per heavy atom. The number of imide groups is 2. The van der Waals surface area contributed by atoms with Crippen molar-refractivity contribution in [3.8, 4) is 16.9 Å². The summed E-state index contributed by atoms with van der Waals surface area (Å²) in [4.78, 5) is 60.8. The van der Waals surface area contributed by atoms with Gasteiger partial charge in [0.15, 0.2) is 0 Å². The summed E-state index contributed by atoms with van der Waals surface area (Å²) in [5.41, 5.74) is 10.0. The molecule has 4 fully saturated rings. The third kappa shape index (κ3) is 6.79. The van der Waals surface area contributed by atoms with Crippen LogP contribution in [0.25, 0.3) is 11.1 Å². The highest BCUT2D eigenvalue weighted by molar-refractivity contribution is 6.23. The first kappa shape index (κ1) is 36.0. The number of hydrogen-bond acceptors (Lipinski definition) is 11. The zero-order chi connectivity index (χ0) is 37.7. The highest BCUT2D eigenvalue weighted by Crippen LogP contribution is 2.40. The van der Waals surface area contributed by atoms with Gasteiger partial charge in [-0.2, -0.15) is 5.10 Å². The van der Waals surface area contributed by atoms with Crippen LogP contribution in [0, 0.1) is 0 Å². The minimum Gasteiger partial charge on any atom is -0.495 e. The van der Waals surface area contributed by atoms with Gasteiger partial charge in [0, 0.05) is 126 Å². The Kier molecular flexibility index (Phi) is 9.54. The van der Waals surface area contributed by atoms with Gasteiger partial charge in [-0.25, -0.2) is 4.39 Å². The smallest absolute Gasteiger partial charge is 0.262 e. The van der Waals surface area contributed by atoms with E-state index < -0.39 is 35.3 Å². The maximum atomic E-state index is 16.3. The van der Waals surface area contributed by atoms with Crippen LogP contribution in [-0.2, 0) is 16.6 Å². The van der Waals surface area contributed by atoms with Crippen molar-refractivity contribution in [1.29, 1.82) is 0 Å². The van der Waals surface area contributed by atoms with Crippen LogP contribution >= 0.6 is 0 Å². The first-order valence-electron chi connectivity index (χ1n) is 19.0. The Bertz CT molecular complexity index is 1960. The van der Waals surface area contributed by atoms with E-state index in [0.29, 0.717) is 50.0 Å². The SMILES string of the molecule is COc1cc(N2CCC(N3CCN(CC4(F)CCN(c5ccc6c(c5)C(=O)N(C5CCC(=O)NC5=O)C6=O)CC4)CC3)CC2)c(-c2cnn(C)c2)cc1N. The van der Waals surface area contributed by atoms with E-state index in [2.05, 4.69) is 30.0 Å². The highest BCUT2D eigenvalue weighted by Gasteiger charge is 2.45. The van der Waals surface area contributed by atoms with Gasteiger partial charge < -0.3 is 20.3 Å². The van der Waals surface area contributed by atoms with Crippen molar-refractivity contribution < 1.29 is 28.3 Å². The number of rotatable bonds is 8. The summed E-state index contributed by atoms with van der Waals surface area (Å²) in [6.45, 7) is 6.74. The van der Waals surface area contributed by atoms with Crippen molar-refractivity contribution in [2.45, 2.75) is 56.3 Å². The number of methoxy groups -OCH3 is 1. The lowest BCUT2D eigenvalue weighted by Crippen LogP contribution is -2.56. The van der Waals surface area contributed by atoms with Crippen molar-refractivity contribution in [3.63, 3.8) is 0 Å². The van der Waals surface area contributed by atoms with Gasteiger partial charge in [0.2, 0.25) is 11.8 Å². The van der Waals surface area contributed by atoms with Gasteiger partial charge in [-0.3, -0.25) is 43.9 Å². The van der Waals surface area contributed by atoms with Gasteiger partial charge in [-0.1, -0.05) is 0 Å². The van der Waals surface area contributed by atoms with Gasteiger partial charge in [0.1, 0.15) is 17.5 Å². The van der Waals surface area contributed by atoms with Crippen molar-refractivity contribution in [2.24, 2.45) is 7.05 Å². The third-order valence-corrected chi connectivity index (χ3v) is 12.0. The summed E-state index contributed by atoms with van der Waals surface area (Å²) < 4.78 is 23.7. The minimum absolute atomic E-state index is 0.0700. The van der Waals surface area contributed by atoms with Crippen LogP contribution in [0.5, 0.6) is 5.75 Å². The molecular formula is C39H48FN9O5. The summed E-state index contributed by atoms with van der Waals surface area (Å²) in [5.74, 6) is -1.44. The Hall–Kier alpha value is -5.02. The molecule has 0 aliphatic carbocycles. The summed E-state index contributed by atoms with van der Waals surface area (Å²) in [7, 11) is 3.55. The van der Waals surface area contributed by atoms with Crippen LogP contribution in [0.15, 0.2) is 42.7 Å². The second kappa shape index (κ2) is 14.3. The number of carbonyl (C=O) groups is 4. The van der Waals surface area contributed by atoms with Gasteiger partial charge in [0.25, 0.3) is 11.8 Å². The zero-order valence-corrected chi connectivity index (χ0v) is 30.9. The van der Waals surface area contributed by atoms with Crippen LogP contribution in [0.1, 0.15) is 59.2 Å². The molecule has 4 amide bonds. The number of fused-ring (bicyclic) bond motifs is 1. The number of piperazine rings is 1. The van der Waals surface area contributed by atoms with E-state index in [1.807, 2.05) is 31.6 Å². The summed E-state index contributed by atoms with van der Waals surface area (Å²) in [5, 5.41) is 6.60. The number of aryl methyl sites for hydroxylation is 1. The number of carbonyl (C=O) groups excluding carboxylic acids is 4. The number of anilines is 3. The molecule has 4 saturated heterocycles. The van der Waals surface area contributed by atoms with E-state index in [4.69, 9.17) is 10.5 Å². The number of nitrogens with zero attached hydrogens (tertiary/aromatic N) is 7. The van der Waals surface area contributed by atoms with Crippen molar-refractivity contribution in [2.75, 3.05) is 81.5 Å². The lowest BCUT2D eigenvalue weighted by molar-refractivity contribution is -0.136. The number of nitrogens with one attached hydrogen (secondary N) is 1. The zero-order valence-electron chi connectivity index (χ0n) is 30.9. The van der Waals surface area contributed by atoms with Gasteiger partial charge in [-0.15, -0.1) is 0 Å². The van der Waals surface area contributed by atoms with Crippen LogP contribution < -0.4 is 25.6 Å². The normalized spacial score (nSPS) is 22.9. The Labute approximate surface area is 313 Å². The average Bonchev–Trinajstić information content (AvgIpc) is 3.71. The molecule has 6 heterocycles. The van der Waals surface area contributed by atoms with E-state index in [1.54, 1.807) is 30.0 Å². The molecule has 0 saturated carbocycles. The number of hydrogen-bond donors (Lipinski definition) is 2. The number of nitrogen functional groups attached to an aromatic ring is 1. The molecule has 286 valence electrons. The molecule has 54 heavy (non-hydrogen) atoms. The standard InChI is InChI=1S/C39H48FN9O5/c1-44-23-25(22-42-44)29-20-31(41)34(54-2)21-33(29)48-11-7-26(8-12-48)47-17-15-45(16-18-47)24-39(40)9-13-46(14-10-39)27-3-4-28-30(19-27)38(53)49(37(28)52)32-5-6-35(50)43-36(32)51/h3-4,19-23,26,32H,5-18,24,41H2,1-2H3,(H,43,50,51). The molecule has 14 nitrogen and oxygen atoms in total. The molecule has 3 N–H and O–H groups in total. The molecular weight excluding hydrogens is 693 g/mol. The fourth-order valence-electron chi connectivity index (χ4n) is 8.95. The van der Waals surface area contributed by atoms with Crippen molar-refractivity contribution in [3.05, 3.63) is 53.9 Å². The third-order valence-electron chi connectivity index (χ3n) is 12.0. The molecule has 15 heteroatoms. The Morgan fingerprint density at radius 3 is 2.28 bits per heavy atom. The van der Waals surface area contributed by atoms with Crippen molar-refractivity contribution in [1.82, 2.24) is 29.8 Å². The number of halogens is 1. The molecule has 0 bridgehead atoms. The van der Waals surface area contributed by atoms with Crippen molar-refractivity contribution >= 4 is 40.7 Å². The maximum Gasteiger partial charge on any atom is 0.262 e. The molecule has 0 radical (unpaired) electrons. The Morgan fingerprint density at radius 2 is 1.61 bits per heavy atom. The Balaban J connectivity index is 0.823. The molecule has 1 unspecified atom stereocenters. The lowest BCUT2D eigenvalue weighted by Gasteiger charge is -2.45. The molecule has 5 aliphatic heterocycles. The monoisotopic (exact) mass is 741 g/mol. The fraction of sp³-hybridized carbons (Fsp3) is 0.513. The number of amides is 4. The quantitative estimate of drug-likeness (QED) is 0.259. The summed E-state index contributed by atoms with van der Waals surface area (Å²) in [6.07, 6.45) is 6.87. The van der Waals surface area contributed by atoms with E-state index in [9.17, 15) is 19.2 Å². The first-order valence-corrected chi connectivity index (χ1v) is 19.0. The lowest BCUT2D eigenvalue weighted by atomic mass is 9.91. The number of piperidine rings is 3. The predicted molar refractivity (Wildman–Crippen MR) is 201 cm³/mol. The second-order valence-corrected chi connectivity index (χ2v) is 15.4. The minimum atomic E-state index is -1.30. The largest absolute Gasteiger partial charge is 0.495 e. The second-order valence-electron chi connectivity index (χ2n) is 15.4. The molecule has 1 aromatic heterocycles. The number of benzene rings is 2. The first-order chi connectivity index (χ1) is 26.0. The number of ether oxygens (including phenoxy) is 1. The van der Waals surface area contributed by atoms with Crippen LogP contribution in [0.3, 0.4) is 0 Å². The number of alkyl halides is 1. The van der Waals surface area contributed by atoms with Gasteiger partial charge in [0.05, 0.1) is 30.1 Å².